The predicted octanol–water partition coefficient (Wildman–Crippen LogP) is 2.91. The van der Waals surface area contributed by atoms with E-state index in [1.807, 2.05) is 29.6 Å². The third-order valence-electron chi connectivity index (χ3n) is 3.32. The summed E-state index contributed by atoms with van der Waals surface area (Å²) >= 11 is 7.79. The number of amides is 1. The van der Waals surface area contributed by atoms with Crippen molar-refractivity contribution < 1.29 is 9.90 Å². The van der Waals surface area contributed by atoms with Crippen LogP contribution >= 0.6 is 22.9 Å². The van der Waals surface area contributed by atoms with Gasteiger partial charge in [-0.25, -0.2) is 4.98 Å². The van der Waals surface area contributed by atoms with Gasteiger partial charge in [0.25, 0.3) is 5.91 Å². The van der Waals surface area contributed by atoms with Gasteiger partial charge in [-0.15, -0.1) is 11.3 Å². The van der Waals surface area contributed by atoms with Gasteiger partial charge in [0, 0.05) is 29.0 Å². The summed E-state index contributed by atoms with van der Waals surface area (Å²) in [4.78, 5) is 21.5. The number of nitrogens with zero attached hydrogens (tertiary/aromatic N) is 2. The van der Waals surface area contributed by atoms with Crippen LogP contribution in [-0.2, 0) is 6.54 Å². The van der Waals surface area contributed by atoms with Gasteiger partial charge in [-0.2, -0.15) is 0 Å². The minimum Gasteiger partial charge on any atom is -0.395 e. The van der Waals surface area contributed by atoms with Crippen molar-refractivity contribution in [3.63, 3.8) is 0 Å². The molecule has 0 saturated carbocycles. The van der Waals surface area contributed by atoms with Crippen LogP contribution in [0.25, 0.3) is 10.9 Å². The Bertz CT molecular complexity index is 785. The van der Waals surface area contributed by atoms with Crippen LogP contribution in [0.1, 0.15) is 15.5 Å². The van der Waals surface area contributed by atoms with Gasteiger partial charge in [0.2, 0.25) is 0 Å². The van der Waals surface area contributed by atoms with Crippen molar-refractivity contribution in [2.45, 2.75) is 6.54 Å². The van der Waals surface area contributed by atoms with E-state index in [1.165, 1.54) is 16.2 Å². The predicted molar refractivity (Wildman–Crippen MR) is 87.2 cm³/mol. The quantitative estimate of drug-likeness (QED) is 0.753. The molecule has 114 valence electrons. The Labute approximate surface area is 136 Å². The zero-order chi connectivity index (χ0) is 15.5. The van der Waals surface area contributed by atoms with Crippen molar-refractivity contribution in [3.8, 4) is 0 Å². The molecule has 1 amide bonds. The fourth-order valence-corrected chi connectivity index (χ4v) is 3.20. The summed E-state index contributed by atoms with van der Waals surface area (Å²) in [6.45, 7) is 0.460. The van der Waals surface area contributed by atoms with Crippen molar-refractivity contribution in [2.24, 2.45) is 0 Å². The molecular weight excluding hydrogens is 322 g/mol. The number of aromatic nitrogens is 2. The highest BCUT2D eigenvalue weighted by Crippen LogP contribution is 2.28. The molecule has 2 N–H and O–H groups in total. The maximum absolute atomic E-state index is 12.7. The average molecular weight is 336 g/mol. The smallest absolute Gasteiger partial charge is 0.272 e. The third-order valence-corrected chi connectivity index (χ3v) is 4.48. The Morgan fingerprint density at radius 3 is 2.91 bits per heavy atom. The van der Waals surface area contributed by atoms with Gasteiger partial charge in [-0.1, -0.05) is 29.8 Å². The molecule has 0 fully saturated rings. The third kappa shape index (κ3) is 2.85. The Kier molecular flexibility index (Phi) is 4.42. The van der Waals surface area contributed by atoms with Crippen LogP contribution in [0.5, 0.6) is 0 Å². The lowest BCUT2D eigenvalue weighted by molar-refractivity contribution is 0.0703. The van der Waals surface area contributed by atoms with Crippen molar-refractivity contribution in [3.05, 3.63) is 51.6 Å². The van der Waals surface area contributed by atoms with Crippen molar-refractivity contribution in [2.75, 3.05) is 13.2 Å². The first-order chi connectivity index (χ1) is 10.7. The van der Waals surface area contributed by atoms with E-state index in [0.717, 1.165) is 15.9 Å². The summed E-state index contributed by atoms with van der Waals surface area (Å²) in [5, 5.41) is 13.1. The molecular formula is C15H14ClN3O2S. The first-order valence-electron chi connectivity index (χ1n) is 6.75. The van der Waals surface area contributed by atoms with Gasteiger partial charge in [0.05, 0.1) is 18.2 Å². The number of halogens is 1. The van der Waals surface area contributed by atoms with Gasteiger partial charge in [-0.3, -0.25) is 4.79 Å². The Morgan fingerprint density at radius 2 is 2.23 bits per heavy atom. The lowest BCUT2D eigenvalue weighted by Gasteiger charge is -2.20. The fourth-order valence-electron chi connectivity index (χ4n) is 2.28. The van der Waals surface area contributed by atoms with E-state index in [-0.39, 0.29) is 19.1 Å². The lowest BCUT2D eigenvalue weighted by Crippen LogP contribution is -2.33. The van der Waals surface area contributed by atoms with Crippen LogP contribution < -0.4 is 0 Å². The van der Waals surface area contributed by atoms with E-state index >= 15 is 0 Å². The first-order valence-corrected chi connectivity index (χ1v) is 8.01. The zero-order valence-electron chi connectivity index (χ0n) is 11.6. The summed E-state index contributed by atoms with van der Waals surface area (Å²) in [5.41, 5.74) is 1.15. The number of hydrogen-bond acceptors (Lipinski definition) is 4. The molecule has 0 radical (unpaired) electrons. The fraction of sp³-hybridized carbons (Fsp3) is 0.200. The summed E-state index contributed by atoms with van der Waals surface area (Å²) < 4.78 is 0. The normalized spacial score (nSPS) is 11.0. The van der Waals surface area contributed by atoms with Crippen LogP contribution in [0.4, 0.5) is 0 Å². The Morgan fingerprint density at radius 1 is 1.41 bits per heavy atom. The topological polar surface area (TPSA) is 69.2 Å². The van der Waals surface area contributed by atoms with Gasteiger partial charge >= 0.3 is 0 Å². The van der Waals surface area contributed by atoms with E-state index in [1.54, 1.807) is 6.20 Å². The number of fused-ring (bicyclic) bond motifs is 1. The van der Waals surface area contributed by atoms with E-state index < -0.39 is 0 Å². The Balaban J connectivity index is 1.92. The number of carbonyl (C=O) groups excluding carboxylic acids is 1. The van der Waals surface area contributed by atoms with Gasteiger partial charge < -0.3 is 15.0 Å². The number of aliphatic hydroxyl groups is 1. The number of aromatic amines is 1. The summed E-state index contributed by atoms with van der Waals surface area (Å²) in [6.07, 6.45) is 1.69. The molecule has 0 aliphatic carbocycles. The van der Waals surface area contributed by atoms with Crippen LogP contribution in [0.3, 0.4) is 0 Å². The highest BCUT2D eigenvalue weighted by Gasteiger charge is 2.22. The number of aliphatic hydroxyl groups excluding tert-OH is 1. The highest BCUT2D eigenvalue weighted by atomic mass is 35.5. The Hall–Kier alpha value is -1.89. The molecule has 5 nitrogen and oxygen atoms in total. The molecule has 2 heterocycles. The van der Waals surface area contributed by atoms with E-state index in [2.05, 4.69) is 9.97 Å². The molecule has 0 bridgehead atoms. The van der Waals surface area contributed by atoms with Crippen molar-refractivity contribution in [1.82, 2.24) is 14.9 Å². The van der Waals surface area contributed by atoms with Gasteiger partial charge in [-0.05, 0) is 6.07 Å². The minimum atomic E-state index is -0.245. The summed E-state index contributed by atoms with van der Waals surface area (Å²) in [6, 6.07) is 7.49. The largest absolute Gasteiger partial charge is 0.395 e. The second-order valence-corrected chi connectivity index (χ2v) is 6.09. The van der Waals surface area contributed by atoms with Crippen LogP contribution in [0, 0.1) is 0 Å². The van der Waals surface area contributed by atoms with E-state index in [4.69, 9.17) is 11.6 Å². The molecule has 0 aliphatic heterocycles. The molecule has 22 heavy (non-hydrogen) atoms. The van der Waals surface area contributed by atoms with E-state index in [9.17, 15) is 9.90 Å². The number of H-pyrrole nitrogens is 1. The van der Waals surface area contributed by atoms with E-state index in [0.29, 0.717) is 17.3 Å². The molecule has 7 heteroatoms. The number of hydrogen-bond donors (Lipinski definition) is 2. The SMILES string of the molecule is O=C(c1[nH]c2ccccc2c1Cl)N(CCO)Cc1nccs1. The number of carbonyl (C=O) groups is 1. The standard InChI is InChI=1S/C15H14ClN3O2S/c16-13-10-3-1-2-4-11(10)18-14(13)15(21)19(6-7-20)9-12-17-5-8-22-12/h1-5,8,18,20H,6-7,9H2. The number of para-hydroxylation sites is 1. The molecule has 0 atom stereocenters. The number of thiazole rings is 1. The number of benzene rings is 1. The number of rotatable bonds is 5. The molecule has 0 saturated heterocycles. The average Bonchev–Trinajstić information content (AvgIpc) is 3.15. The van der Waals surface area contributed by atoms with Crippen molar-refractivity contribution >= 4 is 39.7 Å². The maximum Gasteiger partial charge on any atom is 0.272 e. The molecule has 2 aromatic heterocycles. The molecule has 0 aliphatic rings. The van der Waals surface area contributed by atoms with Crippen LogP contribution in [-0.4, -0.2) is 39.0 Å². The summed E-state index contributed by atoms with van der Waals surface area (Å²) in [7, 11) is 0. The molecule has 0 spiro atoms. The molecule has 3 aromatic rings. The van der Waals surface area contributed by atoms with Crippen molar-refractivity contribution in [1.29, 1.82) is 0 Å². The molecule has 3 rings (SSSR count). The highest BCUT2D eigenvalue weighted by molar-refractivity contribution is 7.09. The zero-order valence-corrected chi connectivity index (χ0v) is 13.2. The first kappa shape index (κ1) is 15.0. The van der Waals surface area contributed by atoms with Gasteiger partial charge in [0.1, 0.15) is 10.7 Å². The van der Waals surface area contributed by atoms with Gasteiger partial charge in [0.15, 0.2) is 0 Å². The second kappa shape index (κ2) is 6.48. The lowest BCUT2D eigenvalue weighted by atomic mass is 10.2. The van der Waals surface area contributed by atoms with Crippen LogP contribution in [0.15, 0.2) is 35.8 Å². The molecule has 0 unspecified atom stereocenters. The van der Waals surface area contributed by atoms with Crippen LogP contribution in [0.2, 0.25) is 5.02 Å². The second-order valence-electron chi connectivity index (χ2n) is 4.74. The minimum absolute atomic E-state index is 0.116. The summed E-state index contributed by atoms with van der Waals surface area (Å²) in [5.74, 6) is -0.245. The number of nitrogens with one attached hydrogen (secondary N) is 1. The monoisotopic (exact) mass is 335 g/mol. The molecule has 1 aromatic carbocycles. The maximum atomic E-state index is 12.7.